The first-order valence-corrected chi connectivity index (χ1v) is 4.77. The standard InChI is InChI=1S/C12H14N2O/c1-10(13)12(15)14-9-5-8-11-6-3-2-4-7-11/h2-4,6-7,10H,9,13H2,1H3,(H,14,15). The molecule has 0 bridgehead atoms. The Labute approximate surface area is 89.7 Å². The molecule has 1 atom stereocenters. The van der Waals surface area contributed by atoms with Crippen molar-refractivity contribution in [2.75, 3.05) is 6.54 Å². The van der Waals surface area contributed by atoms with Crippen LogP contribution < -0.4 is 11.1 Å². The smallest absolute Gasteiger partial charge is 0.237 e. The van der Waals surface area contributed by atoms with Gasteiger partial charge in [0.25, 0.3) is 0 Å². The molecular weight excluding hydrogens is 188 g/mol. The molecule has 0 saturated heterocycles. The van der Waals surface area contributed by atoms with Crippen molar-refractivity contribution in [1.29, 1.82) is 0 Å². The largest absolute Gasteiger partial charge is 0.344 e. The molecule has 1 amide bonds. The van der Waals surface area contributed by atoms with Crippen molar-refractivity contribution in [2.45, 2.75) is 13.0 Å². The Morgan fingerprint density at radius 3 is 2.73 bits per heavy atom. The van der Waals surface area contributed by atoms with Crippen molar-refractivity contribution in [3.8, 4) is 11.8 Å². The van der Waals surface area contributed by atoms with Crippen molar-refractivity contribution in [3.05, 3.63) is 35.9 Å². The van der Waals surface area contributed by atoms with Gasteiger partial charge in [-0.2, -0.15) is 0 Å². The van der Waals surface area contributed by atoms with Crippen molar-refractivity contribution >= 4 is 5.91 Å². The minimum absolute atomic E-state index is 0.183. The van der Waals surface area contributed by atoms with Crippen LogP contribution in [0.3, 0.4) is 0 Å². The summed E-state index contributed by atoms with van der Waals surface area (Å²) in [6.45, 7) is 1.97. The highest BCUT2D eigenvalue weighted by atomic mass is 16.2. The molecule has 0 radical (unpaired) electrons. The summed E-state index contributed by atoms with van der Waals surface area (Å²) in [5.74, 6) is 5.60. The fraction of sp³-hybridized carbons (Fsp3) is 0.250. The minimum atomic E-state index is -0.483. The minimum Gasteiger partial charge on any atom is -0.344 e. The molecule has 78 valence electrons. The molecule has 3 heteroatoms. The maximum absolute atomic E-state index is 11.1. The van der Waals surface area contributed by atoms with Crippen LogP contribution in [0.2, 0.25) is 0 Å². The number of carbonyl (C=O) groups is 1. The first-order chi connectivity index (χ1) is 7.20. The summed E-state index contributed by atoms with van der Waals surface area (Å²) < 4.78 is 0. The Kier molecular flexibility index (Phi) is 4.39. The van der Waals surface area contributed by atoms with Gasteiger partial charge in [-0.05, 0) is 19.1 Å². The van der Waals surface area contributed by atoms with Crippen molar-refractivity contribution in [2.24, 2.45) is 5.73 Å². The fourth-order valence-corrected chi connectivity index (χ4v) is 0.960. The highest BCUT2D eigenvalue weighted by Gasteiger charge is 2.03. The third-order valence-corrected chi connectivity index (χ3v) is 1.77. The van der Waals surface area contributed by atoms with Crippen molar-refractivity contribution < 1.29 is 4.79 Å². The summed E-state index contributed by atoms with van der Waals surface area (Å²) in [4.78, 5) is 11.1. The predicted octanol–water partition coefficient (Wildman–Crippen LogP) is 0.501. The molecule has 1 aromatic carbocycles. The molecule has 0 aromatic heterocycles. The molecule has 1 rings (SSSR count). The number of hydrogen-bond acceptors (Lipinski definition) is 2. The van der Waals surface area contributed by atoms with E-state index in [-0.39, 0.29) is 5.91 Å². The molecule has 1 unspecified atom stereocenters. The van der Waals surface area contributed by atoms with Crippen LogP contribution in [0.1, 0.15) is 12.5 Å². The van der Waals surface area contributed by atoms with E-state index in [2.05, 4.69) is 17.2 Å². The number of nitrogens with two attached hydrogens (primary N) is 1. The second-order valence-electron chi connectivity index (χ2n) is 3.17. The predicted molar refractivity (Wildman–Crippen MR) is 60.0 cm³/mol. The second-order valence-corrected chi connectivity index (χ2v) is 3.17. The summed E-state index contributed by atoms with van der Waals surface area (Å²) in [5.41, 5.74) is 6.31. The first-order valence-electron chi connectivity index (χ1n) is 4.77. The summed E-state index contributed by atoms with van der Waals surface area (Å²) in [6, 6.07) is 9.13. The molecule has 0 aliphatic rings. The zero-order chi connectivity index (χ0) is 11.1. The van der Waals surface area contributed by atoms with E-state index >= 15 is 0 Å². The lowest BCUT2D eigenvalue weighted by Gasteiger charge is -2.02. The average molecular weight is 202 g/mol. The normalized spacial score (nSPS) is 11.1. The van der Waals surface area contributed by atoms with Crippen LogP contribution in [-0.4, -0.2) is 18.5 Å². The van der Waals surface area contributed by atoms with Gasteiger partial charge >= 0.3 is 0 Å². The molecule has 3 nitrogen and oxygen atoms in total. The number of nitrogens with one attached hydrogen (secondary N) is 1. The highest BCUT2D eigenvalue weighted by molar-refractivity contribution is 5.81. The number of hydrogen-bond donors (Lipinski definition) is 2. The van der Waals surface area contributed by atoms with Gasteiger partial charge in [0.05, 0.1) is 12.6 Å². The zero-order valence-corrected chi connectivity index (χ0v) is 8.66. The van der Waals surface area contributed by atoms with Gasteiger partial charge in [-0.15, -0.1) is 0 Å². The fourth-order valence-electron chi connectivity index (χ4n) is 0.960. The van der Waals surface area contributed by atoms with Crippen LogP contribution in [0, 0.1) is 11.8 Å². The maximum atomic E-state index is 11.1. The van der Waals surface area contributed by atoms with Gasteiger partial charge in [0.1, 0.15) is 0 Å². The van der Waals surface area contributed by atoms with E-state index in [0.29, 0.717) is 6.54 Å². The van der Waals surface area contributed by atoms with Crippen LogP contribution in [0.5, 0.6) is 0 Å². The van der Waals surface area contributed by atoms with E-state index in [0.717, 1.165) is 5.56 Å². The van der Waals surface area contributed by atoms with Gasteiger partial charge in [0.15, 0.2) is 0 Å². The highest BCUT2D eigenvalue weighted by Crippen LogP contribution is 1.94. The van der Waals surface area contributed by atoms with Crippen LogP contribution in [0.4, 0.5) is 0 Å². The van der Waals surface area contributed by atoms with Gasteiger partial charge in [-0.1, -0.05) is 30.0 Å². The molecule has 0 saturated carbocycles. The summed E-state index contributed by atoms with van der Waals surface area (Å²) in [6.07, 6.45) is 0. The van der Waals surface area contributed by atoms with Crippen molar-refractivity contribution in [1.82, 2.24) is 5.32 Å². The molecule has 0 fully saturated rings. The monoisotopic (exact) mass is 202 g/mol. The van der Waals surface area contributed by atoms with Crippen LogP contribution >= 0.6 is 0 Å². The maximum Gasteiger partial charge on any atom is 0.237 e. The molecule has 3 N–H and O–H groups in total. The van der Waals surface area contributed by atoms with E-state index in [1.165, 1.54) is 0 Å². The first kappa shape index (κ1) is 11.3. The summed E-state index contributed by atoms with van der Waals surface area (Å²) in [7, 11) is 0. The topological polar surface area (TPSA) is 55.1 Å². The van der Waals surface area contributed by atoms with Gasteiger partial charge in [0.2, 0.25) is 5.91 Å². The van der Waals surface area contributed by atoms with Gasteiger partial charge < -0.3 is 11.1 Å². The molecule has 15 heavy (non-hydrogen) atoms. The lowest BCUT2D eigenvalue weighted by Crippen LogP contribution is -2.38. The van der Waals surface area contributed by atoms with E-state index in [1.54, 1.807) is 6.92 Å². The number of rotatable bonds is 2. The summed E-state index contributed by atoms with van der Waals surface area (Å²) >= 11 is 0. The number of carbonyl (C=O) groups excluding carboxylic acids is 1. The number of benzene rings is 1. The van der Waals surface area contributed by atoms with Crippen molar-refractivity contribution in [3.63, 3.8) is 0 Å². The molecular formula is C12H14N2O. The molecule has 0 heterocycles. The lowest BCUT2D eigenvalue weighted by molar-refractivity contribution is -0.121. The quantitative estimate of drug-likeness (QED) is 0.686. The summed E-state index contributed by atoms with van der Waals surface area (Å²) in [5, 5.41) is 2.61. The second kappa shape index (κ2) is 5.84. The van der Waals surface area contributed by atoms with Gasteiger partial charge in [-0.3, -0.25) is 4.79 Å². The van der Waals surface area contributed by atoms with E-state index < -0.39 is 6.04 Å². The Morgan fingerprint density at radius 2 is 2.13 bits per heavy atom. The Bertz CT molecular complexity index is 374. The molecule has 0 aliphatic carbocycles. The average Bonchev–Trinajstić information content (AvgIpc) is 2.25. The Morgan fingerprint density at radius 1 is 1.47 bits per heavy atom. The third-order valence-electron chi connectivity index (χ3n) is 1.77. The van der Waals surface area contributed by atoms with E-state index in [4.69, 9.17) is 5.73 Å². The molecule has 0 spiro atoms. The Balaban J connectivity index is 2.38. The van der Waals surface area contributed by atoms with Crippen LogP contribution in [-0.2, 0) is 4.79 Å². The van der Waals surface area contributed by atoms with E-state index in [1.807, 2.05) is 30.3 Å². The number of amides is 1. The molecule has 1 aromatic rings. The third kappa shape index (κ3) is 4.30. The SMILES string of the molecule is CC(N)C(=O)NCC#Cc1ccccc1. The zero-order valence-electron chi connectivity index (χ0n) is 8.66. The van der Waals surface area contributed by atoms with Crippen LogP contribution in [0.25, 0.3) is 0 Å². The van der Waals surface area contributed by atoms with E-state index in [9.17, 15) is 4.79 Å². The Hall–Kier alpha value is -1.79. The van der Waals surface area contributed by atoms with Crippen LogP contribution in [0.15, 0.2) is 30.3 Å². The molecule has 0 aliphatic heterocycles. The van der Waals surface area contributed by atoms with Gasteiger partial charge in [0, 0.05) is 5.56 Å². The lowest BCUT2D eigenvalue weighted by atomic mass is 10.2. The van der Waals surface area contributed by atoms with Gasteiger partial charge in [-0.25, -0.2) is 0 Å².